The van der Waals surface area contributed by atoms with E-state index in [4.69, 9.17) is 10.5 Å². The molecule has 20 heavy (non-hydrogen) atoms. The second-order valence-electron chi connectivity index (χ2n) is 4.78. The predicted molar refractivity (Wildman–Crippen MR) is 74.7 cm³/mol. The van der Waals surface area contributed by atoms with Crippen LogP contribution in [0.15, 0.2) is 36.4 Å². The highest BCUT2D eigenvalue weighted by molar-refractivity contribution is 5.33. The maximum absolute atomic E-state index is 13.7. The Balaban J connectivity index is 2.19. The average molecular weight is 277 g/mol. The molecule has 1 atom stereocenters. The molecule has 2 rings (SSSR count). The summed E-state index contributed by atoms with van der Waals surface area (Å²) >= 11 is 0. The molecular weight excluding hydrogens is 260 g/mol. The van der Waals surface area contributed by atoms with Gasteiger partial charge in [0.1, 0.15) is 5.82 Å². The summed E-state index contributed by atoms with van der Waals surface area (Å²) in [6, 6.07) is 8.92. The molecule has 0 aliphatic carbocycles. The molecule has 0 saturated carbocycles. The monoisotopic (exact) mass is 277 g/mol. The third kappa shape index (κ3) is 3.14. The number of methoxy groups -OCH3 is 1. The quantitative estimate of drug-likeness (QED) is 0.928. The topological polar surface area (TPSA) is 35.2 Å². The van der Waals surface area contributed by atoms with E-state index in [1.54, 1.807) is 18.2 Å². The van der Waals surface area contributed by atoms with Crippen LogP contribution in [0.25, 0.3) is 0 Å². The van der Waals surface area contributed by atoms with Crippen molar-refractivity contribution in [2.75, 3.05) is 7.11 Å². The zero-order valence-corrected chi connectivity index (χ0v) is 11.5. The van der Waals surface area contributed by atoms with Crippen molar-refractivity contribution in [1.82, 2.24) is 0 Å². The number of rotatable bonds is 4. The molecule has 2 aromatic rings. The van der Waals surface area contributed by atoms with Gasteiger partial charge in [-0.3, -0.25) is 0 Å². The lowest BCUT2D eigenvalue weighted by atomic mass is 9.96. The first-order valence-electron chi connectivity index (χ1n) is 6.35. The van der Waals surface area contributed by atoms with Crippen molar-refractivity contribution in [1.29, 1.82) is 0 Å². The van der Waals surface area contributed by atoms with E-state index in [0.717, 1.165) is 11.1 Å². The Labute approximate surface area is 117 Å². The molecule has 0 bridgehead atoms. The molecule has 2 nitrogen and oxygen atoms in total. The zero-order chi connectivity index (χ0) is 14.7. The van der Waals surface area contributed by atoms with E-state index in [1.165, 1.54) is 25.3 Å². The van der Waals surface area contributed by atoms with Gasteiger partial charge in [0.2, 0.25) is 0 Å². The van der Waals surface area contributed by atoms with Crippen LogP contribution in [0.1, 0.15) is 22.7 Å². The summed E-state index contributed by atoms with van der Waals surface area (Å²) in [4.78, 5) is 0. The number of aryl methyl sites for hydroxylation is 1. The highest BCUT2D eigenvalue weighted by atomic mass is 19.1. The van der Waals surface area contributed by atoms with Gasteiger partial charge < -0.3 is 10.5 Å². The van der Waals surface area contributed by atoms with Crippen LogP contribution in [0.3, 0.4) is 0 Å². The lowest BCUT2D eigenvalue weighted by Crippen LogP contribution is -2.14. The lowest BCUT2D eigenvalue weighted by molar-refractivity contribution is 0.386. The summed E-state index contributed by atoms with van der Waals surface area (Å²) in [6.07, 6.45) is 0.526. The smallest absolute Gasteiger partial charge is 0.165 e. The number of benzene rings is 2. The molecule has 0 fully saturated rings. The van der Waals surface area contributed by atoms with E-state index >= 15 is 0 Å². The Morgan fingerprint density at radius 2 is 1.90 bits per heavy atom. The number of nitrogens with two attached hydrogens (primary N) is 1. The highest BCUT2D eigenvalue weighted by Gasteiger charge is 2.12. The Morgan fingerprint density at radius 3 is 2.50 bits per heavy atom. The molecule has 0 aliphatic heterocycles. The predicted octanol–water partition coefficient (Wildman–Crippen LogP) is 3.52. The van der Waals surface area contributed by atoms with Gasteiger partial charge in [-0.25, -0.2) is 8.78 Å². The van der Waals surface area contributed by atoms with Crippen LogP contribution in [-0.4, -0.2) is 7.11 Å². The Morgan fingerprint density at radius 1 is 1.15 bits per heavy atom. The van der Waals surface area contributed by atoms with Gasteiger partial charge in [-0.05, 0) is 54.3 Å². The van der Waals surface area contributed by atoms with Crippen LogP contribution in [0.2, 0.25) is 0 Å². The van der Waals surface area contributed by atoms with E-state index in [1.807, 2.05) is 6.92 Å². The van der Waals surface area contributed by atoms with Crippen LogP contribution in [0.4, 0.5) is 8.78 Å². The van der Waals surface area contributed by atoms with Crippen molar-refractivity contribution in [2.45, 2.75) is 19.4 Å². The molecule has 0 aromatic heterocycles. The van der Waals surface area contributed by atoms with Gasteiger partial charge in [0, 0.05) is 6.04 Å². The van der Waals surface area contributed by atoms with Gasteiger partial charge >= 0.3 is 0 Å². The second-order valence-corrected chi connectivity index (χ2v) is 4.78. The van der Waals surface area contributed by atoms with Crippen molar-refractivity contribution >= 4 is 0 Å². The SMILES string of the molecule is COc1ccc(C(N)Cc2ccc(F)cc2C)cc1F. The molecule has 0 radical (unpaired) electrons. The minimum Gasteiger partial charge on any atom is -0.494 e. The summed E-state index contributed by atoms with van der Waals surface area (Å²) in [6.45, 7) is 1.83. The molecule has 106 valence electrons. The summed E-state index contributed by atoms with van der Waals surface area (Å²) < 4.78 is 31.6. The van der Waals surface area contributed by atoms with Gasteiger partial charge in [0.05, 0.1) is 7.11 Å². The third-order valence-corrected chi connectivity index (χ3v) is 3.35. The average Bonchev–Trinajstić information content (AvgIpc) is 2.41. The summed E-state index contributed by atoms with van der Waals surface area (Å²) in [5.74, 6) is -0.509. The lowest BCUT2D eigenvalue weighted by Gasteiger charge is -2.15. The zero-order valence-electron chi connectivity index (χ0n) is 11.5. The maximum atomic E-state index is 13.7. The van der Waals surface area contributed by atoms with Gasteiger partial charge in [-0.1, -0.05) is 12.1 Å². The first-order chi connectivity index (χ1) is 9.51. The number of hydrogen-bond donors (Lipinski definition) is 1. The first-order valence-corrected chi connectivity index (χ1v) is 6.35. The first kappa shape index (κ1) is 14.5. The number of halogens is 2. The van der Waals surface area contributed by atoms with Crippen molar-refractivity contribution in [3.05, 3.63) is 64.7 Å². The van der Waals surface area contributed by atoms with E-state index < -0.39 is 5.82 Å². The minimum atomic E-state index is -0.434. The van der Waals surface area contributed by atoms with E-state index in [2.05, 4.69) is 0 Å². The molecule has 0 spiro atoms. The number of ether oxygens (including phenoxy) is 1. The Kier molecular flexibility index (Phi) is 4.35. The van der Waals surface area contributed by atoms with Crippen LogP contribution in [0, 0.1) is 18.6 Å². The Bertz CT molecular complexity index is 613. The molecule has 2 N–H and O–H groups in total. The van der Waals surface area contributed by atoms with Crippen LogP contribution in [-0.2, 0) is 6.42 Å². The summed E-state index contributed by atoms with van der Waals surface area (Å²) in [7, 11) is 1.42. The molecule has 2 aromatic carbocycles. The molecule has 0 aliphatic rings. The van der Waals surface area contributed by atoms with Crippen molar-refractivity contribution in [3.8, 4) is 5.75 Å². The molecule has 0 amide bonds. The molecule has 4 heteroatoms. The van der Waals surface area contributed by atoms with E-state index in [-0.39, 0.29) is 17.6 Å². The molecule has 0 heterocycles. The highest BCUT2D eigenvalue weighted by Crippen LogP contribution is 2.24. The van der Waals surface area contributed by atoms with Gasteiger partial charge in [-0.2, -0.15) is 0 Å². The summed E-state index contributed by atoms with van der Waals surface area (Å²) in [5.41, 5.74) is 8.58. The van der Waals surface area contributed by atoms with Crippen molar-refractivity contribution < 1.29 is 13.5 Å². The fourth-order valence-electron chi connectivity index (χ4n) is 2.16. The second kappa shape index (κ2) is 6.01. The standard InChI is InChI=1S/C16H17F2NO/c1-10-7-13(17)5-3-11(10)9-15(19)12-4-6-16(20-2)14(18)8-12/h3-8,15H,9,19H2,1-2H3. The maximum Gasteiger partial charge on any atom is 0.165 e. The third-order valence-electron chi connectivity index (χ3n) is 3.35. The Hall–Kier alpha value is -1.94. The van der Waals surface area contributed by atoms with Crippen LogP contribution >= 0.6 is 0 Å². The van der Waals surface area contributed by atoms with E-state index in [0.29, 0.717) is 12.0 Å². The fraction of sp³-hybridized carbons (Fsp3) is 0.250. The molecule has 1 unspecified atom stereocenters. The normalized spacial score (nSPS) is 12.2. The molecule has 0 saturated heterocycles. The fourth-order valence-corrected chi connectivity index (χ4v) is 2.16. The number of hydrogen-bond acceptors (Lipinski definition) is 2. The minimum absolute atomic E-state index is 0.193. The van der Waals surface area contributed by atoms with Crippen LogP contribution in [0.5, 0.6) is 5.75 Å². The van der Waals surface area contributed by atoms with Crippen molar-refractivity contribution in [2.24, 2.45) is 5.73 Å². The molecular formula is C16H17F2NO. The summed E-state index contributed by atoms with van der Waals surface area (Å²) in [5, 5.41) is 0. The van der Waals surface area contributed by atoms with E-state index in [9.17, 15) is 8.78 Å². The van der Waals surface area contributed by atoms with Gasteiger partial charge in [0.15, 0.2) is 11.6 Å². The largest absolute Gasteiger partial charge is 0.494 e. The van der Waals surface area contributed by atoms with Crippen molar-refractivity contribution in [3.63, 3.8) is 0 Å². The van der Waals surface area contributed by atoms with Crippen LogP contribution < -0.4 is 10.5 Å². The van der Waals surface area contributed by atoms with Gasteiger partial charge in [0.25, 0.3) is 0 Å². The van der Waals surface area contributed by atoms with Gasteiger partial charge in [-0.15, -0.1) is 0 Å².